The van der Waals surface area contributed by atoms with Crippen molar-refractivity contribution in [1.29, 1.82) is 0 Å². The van der Waals surface area contributed by atoms with Crippen LogP contribution in [0.3, 0.4) is 0 Å². The maximum absolute atomic E-state index is 13.6. The summed E-state index contributed by atoms with van der Waals surface area (Å²) in [5.41, 5.74) is 2.09. The van der Waals surface area contributed by atoms with Crippen LogP contribution >= 0.6 is 0 Å². The van der Waals surface area contributed by atoms with Gasteiger partial charge in [0.2, 0.25) is 15.9 Å². The summed E-state index contributed by atoms with van der Waals surface area (Å²) in [4.78, 5) is 18.0. The number of primary sulfonamides is 1. The van der Waals surface area contributed by atoms with Crippen LogP contribution in [0.5, 0.6) is 0 Å². The van der Waals surface area contributed by atoms with Crippen molar-refractivity contribution in [3.05, 3.63) is 65.7 Å². The van der Waals surface area contributed by atoms with E-state index in [0.717, 1.165) is 37.1 Å². The number of nitrogens with two attached hydrogens (primary N) is 1. The fourth-order valence-corrected chi connectivity index (χ4v) is 5.16. The molecule has 0 unspecified atom stereocenters. The normalized spacial score (nSPS) is 11.7. The van der Waals surface area contributed by atoms with Crippen LogP contribution in [0.15, 0.2) is 59.5 Å². The Morgan fingerprint density at radius 3 is 1.79 bits per heavy atom. The van der Waals surface area contributed by atoms with E-state index in [1.807, 2.05) is 23.1 Å². The molecule has 0 spiro atoms. The van der Waals surface area contributed by atoms with Crippen LogP contribution in [-0.4, -0.2) is 50.3 Å². The van der Waals surface area contributed by atoms with E-state index in [-0.39, 0.29) is 10.8 Å². The summed E-state index contributed by atoms with van der Waals surface area (Å²) < 4.78 is 23.2. The van der Waals surface area contributed by atoms with Gasteiger partial charge in [-0.05, 0) is 55.6 Å². The van der Waals surface area contributed by atoms with Crippen LogP contribution in [0.2, 0.25) is 0 Å². The molecule has 7 heteroatoms. The number of hydrogen-bond donors (Lipinski definition) is 1. The monoisotopic (exact) mass is 543 g/mol. The summed E-state index contributed by atoms with van der Waals surface area (Å²) in [6.45, 7) is 7.99. The van der Waals surface area contributed by atoms with E-state index in [1.54, 1.807) is 12.1 Å². The van der Waals surface area contributed by atoms with Crippen molar-refractivity contribution in [3.63, 3.8) is 0 Å². The molecule has 0 saturated heterocycles. The molecular weight excluding hydrogens is 494 g/mol. The molecule has 0 saturated carbocycles. The highest BCUT2D eigenvalue weighted by atomic mass is 32.2. The van der Waals surface area contributed by atoms with E-state index in [1.165, 1.54) is 63.5 Å². The van der Waals surface area contributed by atoms with Gasteiger partial charge in [0, 0.05) is 13.1 Å². The van der Waals surface area contributed by atoms with E-state index < -0.39 is 10.0 Å². The third-order valence-electron chi connectivity index (χ3n) is 7.01. The molecule has 0 aliphatic rings. The second-order valence-electron chi connectivity index (χ2n) is 10.3. The highest BCUT2D eigenvalue weighted by Crippen LogP contribution is 2.13. The molecule has 212 valence electrons. The first-order valence-electron chi connectivity index (χ1n) is 14.5. The van der Waals surface area contributed by atoms with Crippen molar-refractivity contribution in [2.24, 2.45) is 5.14 Å². The highest BCUT2D eigenvalue weighted by Gasteiger charge is 2.18. The van der Waals surface area contributed by atoms with Gasteiger partial charge in [0.1, 0.15) is 0 Å². The minimum Gasteiger partial charge on any atom is -0.337 e. The van der Waals surface area contributed by atoms with E-state index in [4.69, 9.17) is 5.14 Å². The lowest BCUT2D eigenvalue weighted by Gasteiger charge is -2.28. The Labute approximate surface area is 231 Å². The first kappa shape index (κ1) is 32.0. The van der Waals surface area contributed by atoms with E-state index in [9.17, 15) is 13.2 Å². The zero-order valence-corrected chi connectivity index (χ0v) is 24.4. The van der Waals surface area contributed by atoms with Gasteiger partial charge in [-0.2, -0.15) is 0 Å². The van der Waals surface area contributed by atoms with Gasteiger partial charge in [0.15, 0.2) is 0 Å². The van der Waals surface area contributed by atoms with E-state index in [2.05, 4.69) is 30.9 Å². The Kier molecular flexibility index (Phi) is 15.3. The number of carbonyl (C=O) groups is 1. The topological polar surface area (TPSA) is 83.7 Å². The Bertz CT molecular complexity index is 996. The number of nitrogens with zero attached hydrogens (tertiary/aromatic N) is 2. The summed E-state index contributed by atoms with van der Waals surface area (Å²) >= 11 is 0. The first-order chi connectivity index (χ1) is 18.3. The largest absolute Gasteiger partial charge is 0.337 e. The molecule has 2 aromatic rings. The van der Waals surface area contributed by atoms with Crippen molar-refractivity contribution >= 4 is 15.9 Å². The quantitative estimate of drug-likeness (QED) is 0.203. The smallest absolute Gasteiger partial charge is 0.238 e. The van der Waals surface area contributed by atoms with Crippen LogP contribution in [0.4, 0.5) is 0 Å². The molecule has 1 amide bonds. The number of carbonyl (C=O) groups excluding carboxylic acids is 1. The van der Waals surface area contributed by atoms with Gasteiger partial charge in [0.05, 0.1) is 11.4 Å². The van der Waals surface area contributed by atoms with Crippen LogP contribution in [-0.2, 0) is 27.8 Å². The van der Waals surface area contributed by atoms with Crippen molar-refractivity contribution in [3.8, 4) is 0 Å². The average Bonchev–Trinajstić information content (AvgIpc) is 2.90. The van der Waals surface area contributed by atoms with Gasteiger partial charge in [0.25, 0.3) is 0 Å². The maximum Gasteiger partial charge on any atom is 0.238 e. The molecule has 2 aromatic carbocycles. The third kappa shape index (κ3) is 13.0. The molecule has 0 aromatic heterocycles. The number of amides is 1. The Hall–Kier alpha value is -2.22. The second-order valence-corrected chi connectivity index (χ2v) is 11.9. The molecule has 2 rings (SSSR count). The average molecular weight is 544 g/mol. The lowest BCUT2D eigenvalue weighted by molar-refractivity contribution is -0.133. The molecule has 0 atom stereocenters. The fraction of sp³-hybridized carbons (Fsp3) is 0.581. The summed E-state index contributed by atoms with van der Waals surface area (Å²) in [6.07, 6.45) is 12.9. The molecule has 0 bridgehead atoms. The number of unbranched alkanes of at least 4 members (excludes halogenated alkanes) is 8. The standard InChI is InChI=1S/C31H49N3O3S/c1-3-5-7-9-14-23-33(24-15-10-8-6-4-2)27-31(35)34(26-29-16-12-11-13-17-29)25-22-28-18-20-30(21-19-28)38(32,36)37/h11-13,16-21H,3-10,14-15,22-27H2,1-2H3,(H2,32,36,37). The highest BCUT2D eigenvalue weighted by molar-refractivity contribution is 7.89. The summed E-state index contributed by atoms with van der Waals surface area (Å²) in [6, 6.07) is 16.7. The van der Waals surface area contributed by atoms with Crippen molar-refractivity contribution in [1.82, 2.24) is 9.80 Å². The number of sulfonamides is 1. The number of rotatable bonds is 20. The lowest BCUT2D eigenvalue weighted by atomic mass is 10.1. The fourth-order valence-electron chi connectivity index (χ4n) is 4.64. The lowest BCUT2D eigenvalue weighted by Crippen LogP contribution is -2.41. The molecule has 0 fully saturated rings. The van der Waals surface area contributed by atoms with Crippen LogP contribution in [0, 0.1) is 0 Å². The number of benzene rings is 2. The van der Waals surface area contributed by atoms with Gasteiger partial charge in [-0.25, -0.2) is 13.6 Å². The zero-order valence-electron chi connectivity index (χ0n) is 23.6. The van der Waals surface area contributed by atoms with Gasteiger partial charge >= 0.3 is 0 Å². The molecule has 6 nitrogen and oxygen atoms in total. The zero-order chi connectivity index (χ0) is 27.6. The maximum atomic E-state index is 13.6. The molecule has 0 aliphatic carbocycles. The minimum absolute atomic E-state index is 0.104. The van der Waals surface area contributed by atoms with Crippen molar-refractivity contribution in [2.45, 2.75) is 95.9 Å². The summed E-state index contributed by atoms with van der Waals surface area (Å²) in [7, 11) is -3.71. The molecule has 0 heterocycles. The van der Waals surface area contributed by atoms with Gasteiger partial charge < -0.3 is 4.90 Å². The molecule has 2 N–H and O–H groups in total. The number of hydrogen-bond acceptors (Lipinski definition) is 4. The first-order valence-corrected chi connectivity index (χ1v) is 16.0. The van der Waals surface area contributed by atoms with Crippen molar-refractivity contribution in [2.75, 3.05) is 26.2 Å². The summed E-state index contributed by atoms with van der Waals surface area (Å²) in [5, 5.41) is 5.23. The van der Waals surface area contributed by atoms with Gasteiger partial charge in [-0.15, -0.1) is 0 Å². The molecule has 0 radical (unpaired) electrons. The van der Waals surface area contributed by atoms with Crippen LogP contribution < -0.4 is 5.14 Å². The Morgan fingerprint density at radius 1 is 0.711 bits per heavy atom. The summed E-state index contributed by atoms with van der Waals surface area (Å²) in [5.74, 6) is 0.150. The molecule has 0 aliphatic heterocycles. The third-order valence-corrected chi connectivity index (χ3v) is 7.94. The predicted octanol–water partition coefficient (Wildman–Crippen LogP) is 6.15. The second kappa shape index (κ2) is 18.1. The van der Waals surface area contributed by atoms with Gasteiger partial charge in [-0.1, -0.05) is 108 Å². The molecular formula is C31H49N3O3S. The van der Waals surface area contributed by atoms with Crippen molar-refractivity contribution < 1.29 is 13.2 Å². The SMILES string of the molecule is CCCCCCCN(CCCCCCC)CC(=O)N(CCc1ccc(S(N)(=O)=O)cc1)Cc1ccccc1. The predicted molar refractivity (Wildman–Crippen MR) is 157 cm³/mol. The Morgan fingerprint density at radius 2 is 1.26 bits per heavy atom. The van der Waals surface area contributed by atoms with Crippen LogP contribution in [0.25, 0.3) is 0 Å². The molecule has 38 heavy (non-hydrogen) atoms. The minimum atomic E-state index is -3.71. The Balaban J connectivity index is 2.05. The van der Waals surface area contributed by atoms with E-state index >= 15 is 0 Å². The van der Waals surface area contributed by atoms with E-state index in [0.29, 0.717) is 26.1 Å². The van der Waals surface area contributed by atoms with Crippen LogP contribution in [0.1, 0.15) is 89.2 Å². The van der Waals surface area contributed by atoms with Gasteiger partial charge in [-0.3, -0.25) is 9.69 Å².